The number of nitro benzene ring substituents is 1. The molecule has 0 fully saturated rings. The zero-order valence-electron chi connectivity index (χ0n) is 20.7. The third-order valence-electron chi connectivity index (χ3n) is 5.71. The highest BCUT2D eigenvalue weighted by Gasteiger charge is 2.43. The van der Waals surface area contributed by atoms with Crippen LogP contribution in [0.5, 0.6) is 0 Å². The van der Waals surface area contributed by atoms with Gasteiger partial charge in [0.05, 0.1) is 18.6 Å². The Hall–Kier alpha value is -3.60. The number of ether oxygens (including phenoxy) is 3. The zero-order chi connectivity index (χ0) is 26.3. The van der Waals surface area contributed by atoms with Crippen LogP contribution in [0.25, 0.3) is 0 Å². The molecule has 3 atom stereocenters. The number of carbonyl (C=O) groups excluding carboxylic acids is 3. The van der Waals surface area contributed by atoms with E-state index in [0.29, 0.717) is 17.0 Å². The average Bonchev–Trinajstić information content (AvgIpc) is 2.81. The normalized spacial score (nSPS) is 18.5. The minimum absolute atomic E-state index is 0.0281. The van der Waals surface area contributed by atoms with Crippen molar-refractivity contribution in [3.63, 3.8) is 0 Å². The Morgan fingerprint density at radius 2 is 1.86 bits per heavy atom. The molecule has 0 aromatic heterocycles. The second kappa shape index (κ2) is 12.2. The first kappa shape index (κ1) is 27.6. The molecule has 1 aromatic rings. The molecule has 0 spiro atoms. The van der Waals surface area contributed by atoms with E-state index in [1.165, 1.54) is 32.4 Å². The van der Waals surface area contributed by atoms with Gasteiger partial charge >= 0.3 is 11.9 Å². The van der Waals surface area contributed by atoms with Crippen molar-refractivity contribution in [2.45, 2.75) is 39.7 Å². The number of nitrogens with one attached hydrogen (secondary N) is 1. The lowest BCUT2D eigenvalue weighted by Crippen LogP contribution is -2.48. The van der Waals surface area contributed by atoms with Gasteiger partial charge in [-0.3, -0.25) is 24.7 Å². The van der Waals surface area contributed by atoms with E-state index in [4.69, 9.17) is 14.2 Å². The van der Waals surface area contributed by atoms with E-state index >= 15 is 0 Å². The summed E-state index contributed by atoms with van der Waals surface area (Å²) in [5, 5.41) is 14.1. The minimum atomic E-state index is -0.988. The van der Waals surface area contributed by atoms with Crippen molar-refractivity contribution < 1.29 is 33.5 Å². The van der Waals surface area contributed by atoms with Gasteiger partial charge in [-0.1, -0.05) is 26.0 Å². The first-order valence-corrected chi connectivity index (χ1v) is 11.1. The smallest absolute Gasteiger partial charge is 0.328 e. The molecule has 1 aliphatic heterocycles. The molecule has 1 N–H and O–H groups in total. The van der Waals surface area contributed by atoms with Crippen molar-refractivity contribution >= 4 is 29.2 Å². The van der Waals surface area contributed by atoms with Crippen molar-refractivity contribution in [2.75, 3.05) is 27.4 Å². The number of nitro groups is 1. The van der Waals surface area contributed by atoms with Gasteiger partial charge in [0.15, 0.2) is 0 Å². The molecular formula is C24H31N3O8. The maximum absolute atomic E-state index is 13.6. The lowest BCUT2D eigenvalue weighted by Gasteiger charge is -2.32. The summed E-state index contributed by atoms with van der Waals surface area (Å²) in [4.78, 5) is 54.2. The predicted octanol–water partition coefficient (Wildman–Crippen LogP) is 2.55. The highest BCUT2D eigenvalue weighted by atomic mass is 16.6. The molecule has 1 unspecified atom stereocenters. The van der Waals surface area contributed by atoms with Gasteiger partial charge in [0.25, 0.3) is 5.69 Å². The number of methoxy groups -OCH3 is 2. The predicted molar refractivity (Wildman–Crippen MR) is 127 cm³/mol. The maximum atomic E-state index is 13.6. The maximum Gasteiger partial charge on any atom is 0.328 e. The Bertz CT molecular complexity index is 1050. The third-order valence-corrected chi connectivity index (χ3v) is 5.71. The van der Waals surface area contributed by atoms with Crippen molar-refractivity contribution in [2.24, 2.45) is 16.8 Å². The molecule has 1 heterocycles. The van der Waals surface area contributed by atoms with Crippen molar-refractivity contribution in [3.8, 4) is 0 Å². The number of non-ortho nitro benzene ring substituents is 1. The second-order valence-electron chi connectivity index (χ2n) is 8.44. The first-order chi connectivity index (χ1) is 16.5. The molecule has 190 valence electrons. The van der Waals surface area contributed by atoms with Crippen LogP contribution in [0.3, 0.4) is 0 Å². The highest BCUT2D eigenvalue weighted by Crippen LogP contribution is 2.40. The highest BCUT2D eigenvalue weighted by molar-refractivity contribution is 6.08. The Morgan fingerprint density at radius 1 is 1.17 bits per heavy atom. The quantitative estimate of drug-likeness (QED) is 0.228. The Labute approximate surface area is 203 Å². The molecule has 2 rings (SSSR count). The number of amides is 1. The minimum Gasteiger partial charge on any atom is -0.468 e. The standard InChI is InChI=1S/C24H31N3O8/c1-13(2)21(24(30)35-11-10-33-5)26-22(28)18-14(3)25-15(4)19(23(29)34-6)20(18)16-8-7-9-17(12-16)27(31)32/h7-9,12-13,19-21H,10-11H2,1-6H3,(H,26,28)/t19?,20-,21-/m0/s1. The summed E-state index contributed by atoms with van der Waals surface area (Å²) in [7, 11) is 2.69. The number of hydrogen-bond acceptors (Lipinski definition) is 9. The summed E-state index contributed by atoms with van der Waals surface area (Å²) in [6.45, 7) is 6.98. The number of aliphatic imine (C=N–C) groups is 1. The van der Waals surface area contributed by atoms with Crippen molar-refractivity contribution in [1.82, 2.24) is 5.32 Å². The summed E-state index contributed by atoms with van der Waals surface area (Å²) in [6, 6.07) is 4.75. The molecule has 35 heavy (non-hydrogen) atoms. The largest absolute Gasteiger partial charge is 0.468 e. The zero-order valence-corrected chi connectivity index (χ0v) is 20.7. The summed E-state index contributed by atoms with van der Waals surface area (Å²) < 4.78 is 15.1. The number of carbonyl (C=O) groups is 3. The van der Waals surface area contributed by atoms with Crippen LogP contribution in [0.15, 0.2) is 40.5 Å². The van der Waals surface area contributed by atoms with E-state index in [9.17, 15) is 24.5 Å². The van der Waals surface area contributed by atoms with Gasteiger partial charge in [0, 0.05) is 42.1 Å². The van der Waals surface area contributed by atoms with Crippen LogP contribution < -0.4 is 5.32 Å². The van der Waals surface area contributed by atoms with Crippen molar-refractivity contribution in [3.05, 3.63) is 51.2 Å². The van der Waals surface area contributed by atoms with Gasteiger partial charge in [-0.05, 0) is 25.3 Å². The van der Waals surface area contributed by atoms with Gasteiger partial charge < -0.3 is 19.5 Å². The molecule has 11 nitrogen and oxygen atoms in total. The topological polar surface area (TPSA) is 146 Å². The van der Waals surface area contributed by atoms with Crippen LogP contribution in [-0.4, -0.2) is 62.0 Å². The Balaban J connectivity index is 2.54. The fourth-order valence-corrected chi connectivity index (χ4v) is 3.99. The summed E-state index contributed by atoms with van der Waals surface area (Å²) in [6.07, 6.45) is 0. The molecule has 0 saturated heterocycles. The molecule has 1 aromatic carbocycles. The monoisotopic (exact) mass is 489 g/mol. The number of esters is 2. The summed E-state index contributed by atoms with van der Waals surface area (Å²) in [5.41, 5.74) is 1.03. The first-order valence-electron chi connectivity index (χ1n) is 11.1. The average molecular weight is 490 g/mol. The fourth-order valence-electron chi connectivity index (χ4n) is 3.99. The number of hydrogen-bond donors (Lipinski definition) is 1. The van der Waals surface area contributed by atoms with Crippen LogP contribution in [0.1, 0.15) is 39.2 Å². The van der Waals surface area contributed by atoms with Crippen LogP contribution in [0, 0.1) is 22.0 Å². The second-order valence-corrected chi connectivity index (χ2v) is 8.44. The molecule has 0 bridgehead atoms. The number of rotatable bonds is 10. The molecule has 0 aliphatic carbocycles. The molecule has 0 radical (unpaired) electrons. The molecule has 1 amide bonds. The molecule has 1 aliphatic rings. The number of nitrogens with zero attached hydrogens (tertiary/aromatic N) is 2. The van der Waals surface area contributed by atoms with Gasteiger partial charge in [-0.25, -0.2) is 4.79 Å². The van der Waals surface area contributed by atoms with E-state index in [2.05, 4.69) is 10.3 Å². The van der Waals surface area contributed by atoms with E-state index in [1.807, 2.05) is 0 Å². The Morgan fingerprint density at radius 3 is 2.43 bits per heavy atom. The van der Waals surface area contributed by atoms with Gasteiger partial charge in [0.1, 0.15) is 18.6 Å². The van der Waals surface area contributed by atoms with Crippen LogP contribution >= 0.6 is 0 Å². The van der Waals surface area contributed by atoms with E-state index < -0.39 is 40.6 Å². The van der Waals surface area contributed by atoms with Crippen LogP contribution in [0.4, 0.5) is 5.69 Å². The lowest BCUT2D eigenvalue weighted by atomic mass is 9.75. The molecule has 0 saturated carbocycles. The van der Waals surface area contributed by atoms with E-state index in [1.54, 1.807) is 33.8 Å². The van der Waals surface area contributed by atoms with Crippen molar-refractivity contribution in [1.29, 1.82) is 0 Å². The van der Waals surface area contributed by atoms with Gasteiger partial charge in [-0.2, -0.15) is 0 Å². The van der Waals surface area contributed by atoms with Crippen LogP contribution in [-0.2, 0) is 28.6 Å². The molecular weight excluding hydrogens is 458 g/mol. The van der Waals surface area contributed by atoms with Gasteiger partial charge in [0.2, 0.25) is 5.91 Å². The summed E-state index contributed by atoms with van der Waals surface area (Å²) in [5.74, 6) is -4.12. The summed E-state index contributed by atoms with van der Waals surface area (Å²) >= 11 is 0. The SMILES string of the molecule is COCCOC(=O)[C@@H](NC(=O)C1=C(C)N=C(C)C(C(=O)OC)[C@H]1c1cccc([N+](=O)[O-])c1)C(C)C. The van der Waals surface area contributed by atoms with E-state index in [-0.39, 0.29) is 30.4 Å². The lowest BCUT2D eigenvalue weighted by molar-refractivity contribution is -0.384. The Kier molecular flexibility index (Phi) is 9.64. The number of allylic oxidation sites excluding steroid dienone is 1. The number of benzene rings is 1. The van der Waals surface area contributed by atoms with E-state index in [0.717, 1.165) is 0 Å². The fraction of sp³-hybridized carbons (Fsp3) is 0.500. The third kappa shape index (κ3) is 6.50. The molecule has 11 heteroatoms. The van der Waals surface area contributed by atoms with Gasteiger partial charge in [-0.15, -0.1) is 0 Å². The van der Waals surface area contributed by atoms with Crippen LogP contribution in [0.2, 0.25) is 0 Å².